The summed E-state index contributed by atoms with van der Waals surface area (Å²) in [4.78, 5) is 21.9. The van der Waals surface area contributed by atoms with Gasteiger partial charge in [0, 0.05) is 25.3 Å². The Morgan fingerprint density at radius 3 is 2.74 bits per heavy atom. The van der Waals surface area contributed by atoms with Crippen molar-refractivity contribution in [1.29, 1.82) is 0 Å². The first-order valence-electron chi connectivity index (χ1n) is 6.61. The summed E-state index contributed by atoms with van der Waals surface area (Å²) in [5.74, 6) is 0.0899. The van der Waals surface area contributed by atoms with Gasteiger partial charge in [-0.2, -0.15) is 0 Å². The van der Waals surface area contributed by atoms with Crippen molar-refractivity contribution in [2.45, 2.75) is 51.5 Å². The summed E-state index contributed by atoms with van der Waals surface area (Å²) in [6.07, 6.45) is 4.94. The van der Waals surface area contributed by atoms with Crippen molar-refractivity contribution in [3.63, 3.8) is 0 Å². The lowest BCUT2D eigenvalue weighted by molar-refractivity contribution is -0.137. The molecule has 0 aliphatic carbocycles. The normalized spacial score (nSPS) is 12.1. The minimum atomic E-state index is -0.813. The fourth-order valence-electron chi connectivity index (χ4n) is 1.79. The number of rotatable bonds is 9. The molecule has 0 radical (unpaired) electrons. The molecule has 1 aromatic rings. The number of unbranched alkanes of at least 4 members (excludes halogenated alkanes) is 1. The van der Waals surface area contributed by atoms with Gasteiger partial charge in [-0.05, 0) is 38.3 Å². The van der Waals surface area contributed by atoms with Crippen LogP contribution in [-0.4, -0.2) is 23.0 Å². The number of amides is 1. The van der Waals surface area contributed by atoms with Crippen LogP contribution in [0.2, 0.25) is 0 Å². The number of hydrogen-bond donors (Lipinski definition) is 2. The summed E-state index contributed by atoms with van der Waals surface area (Å²) >= 11 is 0. The quantitative estimate of drug-likeness (QED) is 0.673. The van der Waals surface area contributed by atoms with E-state index in [-0.39, 0.29) is 18.4 Å². The molecule has 19 heavy (non-hydrogen) atoms. The molecule has 5 nitrogen and oxygen atoms in total. The van der Waals surface area contributed by atoms with Crippen molar-refractivity contribution in [3.05, 3.63) is 24.2 Å². The van der Waals surface area contributed by atoms with Gasteiger partial charge in [-0.1, -0.05) is 0 Å². The second kappa shape index (κ2) is 8.34. The molecule has 5 heteroatoms. The number of nitrogens with one attached hydrogen (secondary N) is 1. The van der Waals surface area contributed by atoms with E-state index >= 15 is 0 Å². The highest BCUT2D eigenvalue weighted by atomic mass is 16.4. The monoisotopic (exact) mass is 267 g/mol. The Labute approximate surface area is 113 Å². The average molecular weight is 267 g/mol. The Kier molecular flexibility index (Phi) is 6.71. The van der Waals surface area contributed by atoms with Gasteiger partial charge in [0.15, 0.2) is 0 Å². The van der Waals surface area contributed by atoms with Crippen LogP contribution in [0.1, 0.15) is 44.8 Å². The second-order valence-corrected chi connectivity index (χ2v) is 4.69. The number of furan rings is 1. The molecule has 1 unspecified atom stereocenters. The molecule has 0 aromatic carbocycles. The minimum Gasteiger partial charge on any atom is -0.481 e. The van der Waals surface area contributed by atoms with Crippen LogP contribution in [0.25, 0.3) is 0 Å². The fourth-order valence-corrected chi connectivity index (χ4v) is 1.79. The van der Waals surface area contributed by atoms with Gasteiger partial charge < -0.3 is 14.8 Å². The Morgan fingerprint density at radius 2 is 2.11 bits per heavy atom. The molecule has 106 valence electrons. The van der Waals surface area contributed by atoms with E-state index < -0.39 is 5.97 Å². The summed E-state index contributed by atoms with van der Waals surface area (Å²) in [7, 11) is 0. The molecular formula is C14H21NO4. The summed E-state index contributed by atoms with van der Waals surface area (Å²) in [6, 6.07) is 3.86. The Morgan fingerprint density at radius 1 is 1.37 bits per heavy atom. The second-order valence-electron chi connectivity index (χ2n) is 4.69. The highest BCUT2D eigenvalue weighted by Gasteiger charge is 2.08. The summed E-state index contributed by atoms with van der Waals surface area (Å²) < 4.78 is 5.22. The lowest BCUT2D eigenvalue weighted by Crippen LogP contribution is -2.32. The zero-order chi connectivity index (χ0) is 14.1. The van der Waals surface area contributed by atoms with Crippen LogP contribution >= 0.6 is 0 Å². The third-order valence-electron chi connectivity index (χ3n) is 2.86. The third-order valence-corrected chi connectivity index (χ3v) is 2.86. The van der Waals surface area contributed by atoms with E-state index in [0.29, 0.717) is 19.3 Å². The molecule has 1 atom stereocenters. The van der Waals surface area contributed by atoms with Crippen LogP contribution in [-0.2, 0) is 16.0 Å². The van der Waals surface area contributed by atoms with Crippen LogP contribution in [0.4, 0.5) is 0 Å². The summed E-state index contributed by atoms with van der Waals surface area (Å²) in [5, 5.41) is 11.4. The molecule has 2 N–H and O–H groups in total. The minimum absolute atomic E-state index is 0.0164. The Bertz CT molecular complexity index is 386. The number of carbonyl (C=O) groups is 2. The largest absolute Gasteiger partial charge is 0.481 e. The molecule has 0 fully saturated rings. The van der Waals surface area contributed by atoms with Gasteiger partial charge in [0.1, 0.15) is 5.76 Å². The standard InChI is InChI=1S/C14H21NO4/c1-11(8-9-12-5-4-10-19-12)15-13(16)6-2-3-7-14(17)18/h4-5,10-11H,2-3,6-9H2,1H3,(H,15,16)(H,17,18). The maximum absolute atomic E-state index is 11.6. The van der Waals surface area contributed by atoms with Gasteiger partial charge in [-0.25, -0.2) is 0 Å². The molecule has 0 saturated heterocycles. The van der Waals surface area contributed by atoms with Crippen LogP contribution in [0.15, 0.2) is 22.8 Å². The molecule has 0 bridgehead atoms. The lowest BCUT2D eigenvalue weighted by atomic mass is 10.1. The number of carboxylic acids is 1. The van der Waals surface area contributed by atoms with Gasteiger partial charge in [0.25, 0.3) is 0 Å². The molecule has 0 aliphatic rings. The number of carboxylic acid groups (broad SMARTS) is 1. The topological polar surface area (TPSA) is 79.5 Å². The van der Waals surface area contributed by atoms with E-state index in [1.165, 1.54) is 0 Å². The summed E-state index contributed by atoms with van der Waals surface area (Å²) in [6.45, 7) is 1.96. The predicted molar refractivity (Wildman–Crippen MR) is 70.7 cm³/mol. The third kappa shape index (κ3) is 7.28. The van der Waals surface area contributed by atoms with Gasteiger partial charge in [0.2, 0.25) is 5.91 Å². The first-order chi connectivity index (χ1) is 9.08. The molecule has 1 heterocycles. The van der Waals surface area contributed by atoms with Gasteiger partial charge in [-0.15, -0.1) is 0 Å². The van der Waals surface area contributed by atoms with Crippen LogP contribution < -0.4 is 5.32 Å². The zero-order valence-electron chi connectivity index (χ0n) is 11.2. The average Bonchev–Trinajstić information content (AvgIpc) is 2.85. The van der Waals surface area contributed by atoms with Gasteiger partial charge in [-0.3, -0.25) is 9.59 Å². The number of carbonyl (C=O) groups excluding carboxylic acids is 1. The zero-order valence-corrected chi connectivity index (χ0v) is 11.2. The van der Waals surface area contributed by atoms with E-state index in [0.717, 1.165) is 18.6 Å². The lowest BCUT2D eigenvalue weighted by Gasteiger charge is -2.12. The SMILES string of the molecule is CC(CCc1ccco1)NC(=O)CCCCC(=O)O. The smallest absolute Gasteiger partial charge is 0.303 e. The first-order valence-corrected chi connectivity index (χ1v) is 6.61. The van der Waals surface area contributed by atoms with E-state index in [4.69, 9.17) is 9.52 Å². The van der Waals surface area contributed by atoms with E-state index in [2.05, 4.69) is 5.32 Å². The van der Waals surface area contributed by atoms with Gasteiger partial charge >= 0.3 is 5.97 Å². The maximum atomic E-state index is 11.6. The van der Waals surface area contributed by atoms with Crippen molar-refractivity contribution in [1.82, 2.24) is 5.32 Å². The molecular weight excluding hydrogens is 246 g/mol. The molecule has 0 aliphatic heterocycles. The van der Waals surface area contributed by atoms with Crippen LogP contribution in [0.3, 0.4) is 0 Å². The van der Waals surface area contributed by atoms with E-state index in [1.807, 2.05) is 19.1 Å². The Balaban J connectivity index is 2.08. The predicted octanol–water partition coefficient (Wildman–Crippen LogP) is 2.36. The molecule has 1 amide bonds. The summed E-state index contributed by atoms with van der Waals surface area (Å²) in [5.41, 5.74) is 0. The highest BCUT2D eigenvalue weighted by molar-refractivity contribution is 5.76. The van der Waals surface area contributed by atoms with Crippen molar-refractivity contribution >= 4 is 11.9 Å². The van der Waals surface area contributed by atoms with Crippen molar-refractivity contribution in [2.75, 3.05) is 0 Å². The van der Waals surface area contributed by atoms with Crippen molar-refractivity contribution in [3.8, 4) is 0 Å². The molecule has 0 saturated carbocycles. The number of hydrogen-bond acceptors (Lipinski definition) is 3. The maximum Gasteiger partial charge on any atom is 0.303 e. The molecule has 0 spiro atoms. The van der Waals surface area contributed by atoms with Crippen molar-refractivity contribution < 1.29 is 19.1 Å². The van der Waals surface area contributed by atoms with Crippen molar-refractivity contribution in [2.24, 2.45) is 0 Å². The van der Waals surface area contributed by atoms with E-state index in [9.17, 15) is 9.59 Å². The number of aryl methyl sites for hydroxylation is 1. The first kappa shape index (κ1) is 15.3. The molecule has 1 rings (SSSR count). The Hall–Kier alpha value is -1.78. The highest BCUT2D eigenvalue weighted by Crippen LogP contribution is 2.06. The van der Waals surface area contributed by atoms with Crippen LogP contribution in [0, 0.1) is 0 Å². The van der Waals surface area contributed by atoms with E-state index in [1.54, 1.807) is 6.26 Å². The number of aliphatic carboxylic acids is 1. The van der Waals surface area contributed by atoms with Crippen LogP contribution in [0.5, 0.6) is 0 Å². The molecule has 1 aromatic heterocycles. The fraction of sp³-hybridized carbons (Fsp3) is 0.571. The van der Waals surface area contributed by atoms with Gasteiger partial charge in [0.05, 0.1) is 6.26 Å².